The van der Waals surface area contributed by atoms with Crippen molar-refractivity contribution in [2.24, 2.45) is 0 Å². The van der Waals surface area contributed by atoms with Crippen LogP contribution in [0, 0.1) is 11.3 Å². The minimum absolute atomic E-state index is 0.258. The van der Waals surface area contributed by atoms with Crippen molar-refractivity contribution in [1.82, 2.24) is 15.3 Å². The van der Waals surface area contributed by atoms with Gasteiger partial charge in [-0.1, -0.05) is 0 Å². The van der Waals surface area contributed by atoms with Crippen molar-refractivity contribution in [1.29, 1.82) is 5.26 Å². The number of nitriles is 1. The smallest absolute Gasteiger partial charge is 0.270 e. The van der Waals surface area contributed by atoms with Crippen LogP contribution in [0.25, 0.3) is 0 Å². The Balaban J connectivity index is 1.98. The summed E-state index contributed by atoms with van der Waals surface area (Å²) in [4.78, 5) is 20.0. The average Bonchev–Trinajstić information content (AvgIpc) is 2.59. The first-order valence-corrected chi connectivity index (χ1v) is 7.09. The number of hydrogen-bond acceptors (Lipinski definition) is 6. The number of ether oxygens (including phenoxy) is 1. The van der Waals surface area contributed by atoms with Crippen LogP contribution in [0.3, 0.4) is 0 Å². The molecule has 1 heterocycles. The van der Waals surface area contributed by atoms with Gasteiger partial charge in [0.15, 0.2) is 0 Å². The number of rotatable bonds is 7. The molecule has 0 bridgehead atoms. The normalized spacial score (nSPS) is 9.91. The van der Waals surface area contributed by atoms with E-state index in [1.165, 1.54) is 6.33 Å². The second kappa shape index (κ2) is 8.46. The zero-order chi connectivity index (χ0) is 16.5. The maximum Gasteiger partial charge on any atom is 0.270 e. The highest BCUT2D eigenvalue weighted by molar-refractivity contribution is 5.92. The van der Waals surface area contributed by atoms with E-state index in [9.17, 15) is 4.79 Å². The molecule has 1 aromatic carbocycles. The first kappa shape index (κ1) is 16.4. The molecule has 1 aromatic heterocycles. The largest absolute Gasteiger partial charge is 0.385 e. The van der Waals surface area contributed by atoms with Gasteiger partial charge in [0.2, 0.25) is 0 Å². The summed E-state index contributed by atoms with van der Waals surface area (Å²) < 4.78 is 4.92. The Labute approximate surface area is 134 Å². The topological polar surface area (TPSA) is 99.9 Å². The fourth-order valence-electron chi connectivity index (χ4n) is 1.83. The van der Waals surface area contributed by atoms with Crippen LogP contribution in [-0.4, -0.2) is 36.1 Å². The summed E-state index contributed by atoms with van der Waals surface area (Å²) in [5.41, 5.74) is 1.64. The van der Waals surface area contributed by atoms with E-state index in [1.54, 1.807) is 37.4 Å². The van der Waals surface area contributed by atoms with Crippen molar-refractivity contribution in [2.45, 2.75) is 6.42 Å². The molecule has 0 fully saturated rings. The Morgan fingerprint density at radius 2 is 2.09 bits per heavy atom. The Morgan fingerprint density at radius 3 is 2.78 bits per heavy atom. The van der Waals surface area contributed by atoms with Crippen LogP contribution in [0.2, 0.25) is 0 Å². The lowest BCUT2D eigenvalue weighted by atomic mass is 10.2. The summed E-state index contributed by atoms with van der Waals surface area (Å²) in [6.07, 6.45) is 2.07. The van der Waals surface area contributed by atoms with E-state index in [0.29, 0.717) is 24.5 Å². The molecule has 7 heteroatoms. The third-order valence-corrected chi connectivity index (χ3v) is 3.00. The van der Waals surface area contributed by atoms with E-state index < -0.39 is 0 Å². The van der Waals surface area contributed by atoms with Crippen molar-refractivity contribution >= 4 is 17.4 Å². The first-order chi connectivity index (χ1) is 11.2. The van der Waals surface area contributed by atoms with E-state index in [4.69, 9.17) is 10.00 Å². The van der Waals surface area contributed by atoms with Crippen LogP contribution in [-0.2, 0) is 4.74 Å². The number of methoxy groups -OCH3 is 1. The quantitative estimate of drug-likeness (QED) is 0.757. The van der Waals surface area contributed by atoms with Gasteiger partial charge >= 0.3 is 0 Å². The lowest BCUT2D eigenvalue weighted by molar-refractivity contribution is 0.0943. The van der Waals surface area contributed by atoms with Crippen molar-refractivity contribution in [2.75, 3.05) is 25.6 Å². The maximum absolute atomic E-state index is 12.0. The Morgan fingerprint density at radius 1 is 1.30 bits per heavy atom. The van der Waals surface area contributed by atoms with Crippen molar-refractivity contribution < 1.29 is 9.53 Å². The SMILES string of the molecule is COCCCNC(=O)c1cc(Nc2ccc(C#N)cc2)ncn1. The summed E-state index contributed by atoms with van der Waals surface area (Å²) in [5, 5.41) is 14.6. The number of carbonyl (C=O) groups is 1. The molecular formula is C16H17N5O2. The van der Waals surface area contributed by atoms with Crippen molar-refractivity contribution in [3.63, 3.8) is 0 Å². The molecule has 0 saturated carbocycles. The number of nitrogens with zero attached hydrogens (tertiary/aromatic N) is 3. The number of nitrogens with one attached hydrogen (secondary N) is 2. The molecule has 0 aliphatic heterocycles. The minimum Gasteiger partial charge on any atom is -0.385 e. The van der Waals surface area contributed by atoms with Gasteiger partial charge in [0.25, 0.3) is 5.91 Å². The number of amides is 1. The molecule has 0 aliphatic carbocycles. The molecule has 7 nitrogen and oxygen atoms in total. The van der Waals surface area contributed by atoms with Gasteiger partial charge in [0.05, 0.1) is 11.6 Å². The number of aromatic nitrogens is 2. The molecule has 2 aromatic rings. The third-order valence-electron chi connectivity index (χ3n) is 3.00. The van der Waals surface area contributed by atoms with Gasteiger partial charge in [-0.25, -0.2) is 9.97 Å². The van der Waals surface area contributed by atoms with Crippen LogP contribution in [0.5, 0.6) is 0 Å². The van der Waals surface area contributed by atoms with E-state index in [1.807, 2.05) is 0 Å². The number of anilines is 2. The molecule has 2 N–H and O–H groups in total. The summed E-state index contributed by atoms with van der Waals surface area (Å²) >= 11 is 0. The molecule has 1 amide bonds. The van der Waals surface area contributed by atoms with Gasteiger partial charge in [0, 0.05) is 32.0 Å². The fourth-order valence-corrected chi connectivity index (χ4v) is 1.83. The van der Waals surface area contributed by atoms with E-state index in [0.717, 1.165) is 12.1 Å². The van der Waals surface area contributed by atoms with E-state index in [2.05, 4.69) is 26.7 Å². The molecule has 0 spiro atoms. The van der Waals surface area contributed by atoms with Crippen LogP contribution < -0.4 is 10.6 Å². The molecule has 23 heavy (non-hydrogen) atoms. The standard InChI is InChI=1S/C16H17N5O2/c1-23-8-2-7-18-16(22)14-9-15(20-11-19-14)21-13-5-3-12(10-17)4-6-13/h3-6,9,11H,2,7-8H2,1H3,(H,18,22)(H,19,20,21). The highest BCUT2D eigenvalue weighted by Gasteiger charge is 2.08. The van der Waals surface area contributed by atoms with Gasteiger partial charge in [-0.05, 0) is 30.7 Å². The van der Waals surface area contributed by atoms with Crippen LogP contribution in [0.4, 0.5) is 11.5 Å². The third kappa shape index (κ3) is 5.05. The predicted molar refractivity (Wildman–Crippen MR) is 85.3 cm³/mol. The zero-order valence-electron chi connectivity index (χ0n) is 12.7. The van der Waals surface area contributed by atoms with Crippen molar-refractivity contribution in [3.05, 3.63) is 47.9 Å². The van der Waals surface area contributed by atoms with Crippen LogP contribution in [0.15, 0.2) is 36.7 Å². The van der Waals surface area contributed by atoms with Gasteiger partial charge < -0.3 is 15.4 Å². The van der Waals surface area contributed by atoms with Gasteiger partial charge in [0.1, 0.15) is 17.8 Å². The molecule has 0 radical (unpaired) electrons. The number of carbonyl (C=O) groups excluding carboxylic acids is 1. The van der Waals surface area contributed by atoms with Gasteiger partial charge in [-0.3, -0.25) is 4.79 Å². The van der Waals surface area contributed by atoms with Gasteiger partial charge in [-0.15, -0.1) is 0 Å². The molecule has 0 saturated heterocycles. The maximum atomic E-state index is 12.0. The number of benzene rings is 1. The molecule has 0 aliphatic rings. The second-order valence-electron chi connectivity index (χ2n) is 4.70. The Bertz CT molecular complexity index is 694. The van der Waals surface area contributed by atoms with Crippen molar-refractivity contribution in [3.8, 4) is 6.07 Å². The molecule has 0 unspecified atom stereocenters. The lowest BCUT2D eigenvalue weighted by Crippen LogP contribution is -2.26. The summed E-state index contributed by atoms with van der Waals surface area (Å²) in [6.45, 7) is 1.12. The summed E-state index contributed by atoms with van der Waals surface area (Å²) in [5.74, 6) is 0.248. The Kier molecular flexibility index (Phi) is 6.03. The molecular weight excluding hydrogens is 294 g/mol. The first-order valence-electron chi connectivity index (χ1n) is 7.09. The fraction of sp³-hybridized carbons (Fsp3) is 0.250. The minimum atomic E-state index is -0.258. The predicted octanol–water partition coefficient (Wildman–Crippen LogP) is 1.86. The lowest BCUT2D eigenvalue weighted by Gasteiger charge is -2.07. The van der Waals surface area contributed by atoms with Crippen LogP contribution >= 0.6 is 0 Å². The van der Waals surface area contributed by atoms with E-state index >= 15 is 0 Å². The molecule has 118 valence electrons. The van der Waals surface area contributed by atoms with E-state index in [-0.39, 0.29) is 11.6 Å². The molecule has 2 rings (SSSR count). The molecule has 0 atom stereocenters. The summed E-state index contributed by atoms with van der Waals surface area (Å²) in [7, 11) is 1.62. The highest BCUT2D eigenvalue weighted by atomic mass is 16.5. The zero-order valence-corrected chi connectivity index (χ0v) is 12.7. The summed E-state index contributed by atoms with van der Waals surface area (Å²) in [6, 6.07) is 10.6. The number of hydrogen-bond donors (Lipinski definition) is 2. The average molecular weight is 311 g/mol. The van der Waals surface area contributed by atoms with Gasteiger partial charge in [-0.2, -0.15) is 5.26 Å². The highest BCUT2D eigenvalue weighted by Crippen LogP contribution is 2.15. The Hall–Kier alpha value is -2.98. The van der Waals surface area contributed by atoms with Crippen LogP contribution in [0.1, 0.15) is 22.5 Å². The second-order valence-corrected chi connectivity index (χ2v) is 4.70. The monoisotopic (exact) mass is 311 g/mol.